The van der Waals surface area contributed by atoms with Gasteiger partial charge >= 0.3 is 0 Å². The Balaban J connectivity index is 1.40. The first-order valence-corrected chi connectivity index (χ1v) is 13.0. The van der Waals surface area contributed by atoms with Crippen LogP contribution in [0.2, 0.25) is 0 Å². The molecule has 2 unspecified atom stereocenters. The first kappa shape index (κ1) is 22.4. The molecule has 0 aliphatic carbocycles. The lowest BCUT2D eigenvalue weighted by Gasteiger charge is -2.40. The number of nitrogens with one attached hydrogen (secondary N) is 1. The topological polar surface area (TPSA) is 61.9 Å². The highest BCUT2D eigenvalue weighted by molar-refractivity contribution is 8.03. The molecule has 2 heterocycles. The standard InChI is InChI=1S/C23H29N3O3S2/c1-25-13-15-26(16-14-25)22(23-8-5-17-30-23)18-24-31(27,28)21-11-9-20(10-12-21)29-19-6-3-2-4-7-19/h2-7,9-12,17,22-24H,8,13-16,18H2,1H3. The fourth-order valence-electron chi connectivity index (χ4n) is 3.89. The summed E-state index contributed by atoms with van der Waals surface area (Å²) >= 11 is 1.81. The molecule has 2 aliphatic heterocycles. The van der Waals surface area contributed by atoms with Gasteiger partial charge in [0.25, 0.3) is 0 Å². The third kappa shape index (κ3) is 5.90. The van der Waals surface area contributed by atoms with Crippen molar-refractivity contribution in [3.8, 4) is 11.5 Å². The van der Waals surface area contributed by atoms with Crippen molar-refractivity contribution in [3.05, 3.63) is 66.1 Å². The van der Waals surface area contributed by atoms with E-state index in [9.17, 15) is 8.42 Å². The zero-order valence-electron chi connectivity index (χ0n) is 17.7. The van der Waals surface area contributed by atoms with E-state index in [1.807, 2.05) is 30.3 Å². The second-order valence-corrected chi connectivity index (χ2v) is 10.8. The Morgan fingerprint density at radius 2 is 1.71 bits per heavy atom. The minimum Gasteiger partial charge on any atom is -0.457 e. The Hall–Kier alpha value is -1.84. The lowest BCUT2D eigenvalue weighted by molar-refractivity contribution is 0.111. The van der Waals surface area contributed by atoms with Gasteiger partial charge in [0.1, 0.15) is 11.5 Å². The van der Waals surface area contributed by atoms with Gasteiger partial charge in [-0.2, -0.15) is 0 Å². The van der Waals surface area contributed by atoms with E-state index in [2.05, 4.69) is 33.1 Å². The summed E-state index contributed by atoms with van der Waals surface area (Å²) in [4.78, 5) is 5.00. The third-order valence-electron chi connectivity index (χ3n) is 5.75. The monoisotopic (exact) mass is 459 g/mol. The van der Waals surface area contributed by atoms with Crippen LogP contribution < -0.4 is 9.46 Å². The predicted molar refractivity (Wildman–Crippen MR) is 126 cm³/mol. The molecular formula is C23H29N3O3S2. The molecule has 1 N–H and O–H groups in total. The molecule has 1 saturated heterocycles. The van der Waals surface area contributed by atoms with Crippen LogP contribution in [0.1, 0.15) is 6.42 Å². The van der Waals surface area contributed by atoms with E-state index in [0.29, 0.717) is 23.3 Å². The highest BCUT2D eigenvalue weighted by Crippen LogP contribution is 2.30. The molecule has 0 radical (unpaired) electrons. The number of hydrogen-bond acceptors (Lipinski definition) is 6. The number of allylic oxidation sites excluding steroid dienone is 1. The number of nitrogens with zero attached hydrogens (tertiary/aromatic N) is 2. The van der Waals surface area contributed by atoms with Gasteiger partial charge < -0.3 is 9.64 Å². The number of hydrogen-bond donors (Lipinski definition) is 1. The molecule has 166 valence electrons. The Bertz CT molecular complexity index is 965. The van der Waals surface area contributed by atoms with E-state index in [-0.39, 0.29) is 10.9 Å². The lowest BCUT2D eigenvalue weighted by atomic mass is 10.1. The highest BCUT2D eigenvalue weighted by atomic mass is 32.2. The second-order valence-electron chi connectivity index (χ2n) is 7.93. The minimum atomic E-state index is -3.60. The van der Waals surface area contributed by atoms with Gasteiger partial charge in [0.15, 0.2) is 0 Å². The lowest BCUT2D eigenvalue weighted by Crippen LogP contribution is -2.55. The van der Waals surface area contributed by atoms with E-state index in [0.717, 1.165) is 32.6 Å². The van der Waals surface area contributed by atoms with Crippen molar-refractivity contribution in [1.29, 1.82) is 0 Å². The number of benzene rings is 2. The summed E-state index contributed by atoms with van der Waals surface area (Å²) in [6, 6.07) is 16.2. The van der Waals surface area contributed by atoms with Crippen molar-refractivity contribution >= 4 is 21.8 Å². The summed E-state index contributed by atoms with van der Waals surface area (Å²) in [5.41, 5.74) is 0. The molecule has 0 spiro atoms. The van der Waals surface area contributed by atoms with E-state index >= 15 is 0 Å². The number of piperazine rings is 1. The number of rotatable bonds is 8. The van der Waals surface area contributed by atoms with E-state index < -0.39 is 10.0 Å². The van der Waals surface area contributed by atoms with Gasteiger partial charge in [-0.25, -0.2) is 13.1 Å². The normalized spacial score (nSPS) is 21.3. The third-order valence-corrected chi connectivity index (χ3v) is 8.39. The Kier molecular flexibility index (Phi) is 7.35. The van der Waals surface area contributed by atoms with Crippen molar-refractivity contribution in [2.24, 2.45) is 0 Å². The van der Waals surface area contributed by atoms with Gasteiger partial charge in [-0.05, 0) is 55.3 Å². The number of likely N-dealkylation sites (N-methyl/N-ethyl adjacent to an activating group) is 1. The van der Waals surface area contributed by atoms with Crippen LogP contribution in [0.4, 0.5) is 0 Å². The first-order valence-electron chi connectivity index (χ1n) is 10.6. The van der Waals surface area contributed by atoms with Gasteiger partial charge in [0, 0.05) is 44.0 Å². The van der Waals surface area contributed by atoms with Crippen LogP contribution in [0.25, 0.3) is 0 Å². The molecule has 0 amide bonds. The Morgan fingerprint density at radius 3 is 2.35 bits per heavy atom. The summed E-state index contributed by atoms with van der Waals surface area (Å²) in [6.07, 6.45) is 3.16. The zero-order valence-corrected chi connectivity index (χ0v) is 19.3. The minimum absolute atomic E-state index is 0.171. The first-order chi connectivity index (χ1) is 15.0. The molecule has 2 aromatic rings. The fraction of sp³-hybridized carbons (Fsp3) is 0.391. The number of thioether (sulfide) groups is 1. The maximum Gasteiger partial charge on any atom is 0.240 e. The van der Waals surface area contributed by atoms with Crippen LogP contribution in [0.15, 0.2) is 71.0 Å². The zero-order chi connectivity index (χ0) is 21.7. The van der Waals surface area contributed by atoms with Gasteiger partial charge in [-0.1, -0.05) is 24.3 Å². The van der Waals surface area contributed by atoms with Crippen molar-refractivity contribution in [2.75, 3.05) is 39.8 Å². The molecule has 0 aromatic heterocycles. The molecule has 2 aliphatic rings. The predicted octanol–water partition coefficient (Wildman–Crippen LogP) is 3.39. The molecule has 6 nitrogen and oxygen atoms in total. The van der Waals surface area contributed by atoms with Crippen LogP contribution in [-0.4, -0.2) is 69.3 Å². The summed E-state index contributed by atoms with van der Waals surface area (Å²) in [7, 11) is -1.47. The summed E-state index contributed by atoms with van der Waals surface area (Å²) < 4.78 is 34.5. The molecule has 0 saturated carbocycles. The Morgan fingerprint density at radius 1 is 1.03 bits per heavy atom. The van der Waals surface area contributed by atoms with Crippen LogP contribution in [-0.2, 0) is 10.0 Å². The maximum atomic E-state index is 13.0. The van der Waals surface area contributed by atoms with Gasteiger partial charge in [-0.15, -0.1) is 11.8 Å². The van der Waals surface area contributed by atoms with E-state index in [1.165, 1.54) is 0 Å². The van der Waals surface area contributed by atoms with Crippen LogP contribution in [0.3, 0.4) is 0 Å². The quantitative estimate of drug-likeness (QED) is 0.653. The van der Waals surface area contributed by atoms with Crippen LogP contribution in [0, 0.1) is 0 Å². The van der Waals surface area contributed by atoms with Crippen molar-refractivity contribution < 1.29 is 13.2 Å². The second kappa shape index (κ2) is 10.2. The molecule has 2 aromatic carbocycles. The summed E-state index contributed by atoms with van der Waals surface area (Å²) in [6.45, 7) is 4.36. The van der Waals surface area contributed by atoms with Crippen LogP contribution >= 0.6 is 11.8 Å². The summed E-state index contributed by atoms with van der Waals surface area (Å²) in [5.74, 6) is 1.32. The smallest absolute Gasteiger partial charge is 0.240 e. The van der Waals surface area contributed by atoms with Crippen molar-refractivity contribution in [2.45, 2.75) is 22.6 Å². The molecule has 31 heavy (non-hydrogen) atoms. The average Bonchev–Trinajstić information content (AvgIpc) is 3.31. The average molecular weight is 460 g/mol. The van der Waals surface area contributed by atoms with E-state index in [4.69, 9.17) is 4.74 Å². The van der Waals surface area contributed by atoms with E-state index in [1.54, 1.807) is 36.0 Å². The number of para-hydroxylation sites is 1. The molecule has 1 fully saturated rings. The molecule has 8 heteroatoms. The largest absolute Gasteiger partial charge is 0.457 e. The maximum absolute atomic E-state index is 13.0. The number of ether oxygens (including phenoxy) is 1. The van der Waals surface area contributed by atoms with Crippen molar-refractivity contribution in [3.63, 3.8) is 0 Å². The number of sulfonamides is 1. The van der Waals surface area contributed by atoms with Gasteiger partial charge in [-0.3, -0.25) is 4.90 Å². The Labute approximate surface area is 189 Å². The van der Waals surface area contributed by atoms with Gasteiger partial charge in [0.2, 0.25) is 10.0 Å². The molecule has 4 rings (SSSR count). The SMILES string of the molecule is CN1CCN(C(CNS(=O)(=O)c2ccc(Oc3ccccc3)cc2)C2CC=CS2)CC1. The molecular weight excluding hydrogens is 430 g/mol. The van der Waals surface area contributed by atoms with Crippen molar-refractivity contribution in [1.82, 2.24) is 14.5 Å². The molecule has 0 bridgehead atoms. The van der Waals surface area contributed by atoms with Gasteiger partial charge in [0.05, 0.1) is 4.90 Å². The van der Waals surface area contributed by atoms with Crippen LogP contribution in [0.5, 0.6) is 11.5 Å². The highest BCUT2D eigenvalue weighted by Gasteiger charge is 2.31. The fourth-order valence-corrected chi connectivity index (χ4v) is 6.04. The molecule has 2 atom stereocenters. The summed E-state index contributed by atoms with van der Waals surface area (Å²) in [5, 5.41) is 2.51.